The molecule has 0 aliphatic heterocycles. The molecule has 0 aliphatic carbocycles. The number of hydrogen-bond acceptors (Lipinski definition) is 4. The van der Waals surface area contributed by atoms with Gasteiger partial charge in [-0.25, -0.2) is 9.97 Å². The fraction of sp³-hybridized carbons (Fsp3) is 0.750. The molecule has 0 amide bonds. The summed E-state index contributed by atoms with van der Waals surface area (Å²) in [4.78, 5) is 9.53. The van der Waals surface area contributed by atoms with Gasteiger partial charge in [-0.2, -0.15) is 0 Å². The van der Waals surface area contributed by atoms with Crippen molar-refractivity contribution in [3.63, 3.8) is 0 Å². The monoisotopic (exact) mass is 405 g/mol. The minimum Gasteiger partial charge on any atom is -0.373 e. The predicted octanol–water partition coefficient (Wildman–Crippen LogP) is 4.76. The van der Waals surface area contributed by atoms with Crippen LogP contribution in [0, 0.1) is 8.99 Å². The first kappa shape index (κ1) is 18.6. The van der Waals surface area contributed by atoms with E-state index >= 15 is 0 Å². The van der Waals surface area contributed by atoms with Gasteiger partial charge >= 0.3 is 0 Å². The molecule has 0 saturated heterocycles. The van der Waals surface area contributed by atoms with E-state index in [9.17, 15) is 0 Å². The van der Waals surface area contributed by atoms with Crippen molar-refractivity contribution in [2.75, 3.05) is 19.0 Å². The van der Waals surface area contributed by atoms with Crippen LogP contribution in [0.1, 0.15) is 71.5 Å². The molecular formula is C16H28IN3O. The SMILES string of the molecule is CCCNc1nc(C(OC)C(C)(C)C)nc(C(C)C)c1I. The summed E-state index contributed by atoms with van der Waals surface area (Å²) in [5, 5.41) is 3.41. The molecular weight excluding hydrogens is 377 g/mol. The molecule has 5 heteroatoms. The number of nitrogens with zero attached hydrogens (tertiary/aromatic N) is 2. The van der Waals surface area contributed by atoms with E-state index in [0.29, 0.717) is 5.92 Å². The average Bonchev–Trinajstić information content (AvgIpc) is 2.37. The lowest BCUT2D eigenvalue weighted by molar-refractivity contribution is 0.00854. The molecule has 0 saturated carbocycles. The minimum atomic E-state index is -0.117. The van der Waals surface area contributed by atoms with Crippen LogP contribution in [0.4, 0.5) is 5.82 Å². The van der Waals surface area contributed by atoms with E-state index in [4.69, 9.17) is 14.7 Å². The van der Waals surface area contributed by atoms with Crippen LogP contribution in [0.5, 0.6) is 0 Å². The summed E-state index contributed by atoms with van der Waals surface area (Å²) < 4.78 is 6.79. The standard InChI is InChI=1S/C16H28IN3O/c1-8-9-18-14-11(17)12(10(2)3)19-15(20-14)13(21-7)16(4,5)6/h10,13H,8-9H2,1-7H3,(H,18,19,20). The number of rotatable bonds is 6. The third-order valence-corrected chi connectivity index (χ3v) is 4.30. The van der Waals surface area contributed by atoms with Gasteiger partial charge in [-0.05, 0) is 40.3 Å². The summed E-state index contributed by atoms with van der Waals surface area (Å²) in [6.45, 7) is 13.8. The van der Waals surface area contributed by atoms with Crippen molar-refractivity contribution < 1.29 is 4.74 Å². The summed E-state index contributed by atoms with van der Waals surface area (Å²) in [5.74, 6) is 2.06. The number of hydrogen-bond donors (Lipinski definition) is 1. The smallest absolute Gasteiger partial charge is 0.160 e. The van der Waals surface area contributed by atoms with Gasteiger partial charge < -0.3 is 10.1 Å². The maximum Gasteiger partial charge on any atom is 0.160 e. The Bertz CT molecular complexity index is 469. The molecule has 0 spiro atoms. The summed E-state index contributed by atoms with van der Waals surface area (Å²) in [6.07, 6.45) is 0.952. The van der Waals surface area contributed by atoms with Crippen LogP contribution in [-0.2, 0) is 4.74 Å². The van der Waals surface area contributed by atoms with Gasteiger partial charge in [0.05, 0.1) is 9.26 Å². The first-order valence-corrected chi connectivity index (χ1v) is 8.64. The van der Waals surface area contributed by atoms with Crippen LogP contribution >= 0.6 is 22.6 Å². The number of methoxy groups -OCH3 is 1. The summed E-state index contributed by atoms with van der Waals surface area (Å²) in [7, 11) is 1.73. The second kappa shape index (κ2) is 7.72. The van der Waals surface area contributed by atoms with Crippen molar-refractivity contribution in [1.82, 2.24) is 9.97 Å². The van der Waals surface area contributed by atoms with Crippen LogP contribution in [0.3, 0.4) is 0 Å². The summed E-state index contributed by atoms with van der Waals surface area (Å²) in [5.41, 5.74) is 1.04. The van der Waals surface area contributed by atoms with Crippen LogP contribution in [0.2, 0.25) is 0 Å². The Morgan fingerprint density at radius 3 is 2.29 bits per heavy atom. The maximum atomic E-state index is 5.68. The Kier molecular flexibility index (Phi) is 6.84. The van der Waals surface area contributed by atoms with E-state index < -0.39 is 0 Å². The third kappa shape index (κ3) is 4.77. The van der Waals surface area contributed by atoms with E-state index in [-0.39, 0.29) is 11.5 Å². The van der Waals surface area contributed by atoms with Crippen molar-refractivity contribution in [3.8, 4) is 0 Å². The van der Waals surface area contributed by atoms with Gasteiger partial charge in [0.25, 0.3) is 0 Å². The highest BCUT2D eigenvalue weighted by Crippen LogP contribution is 2.36. The molecule has 0 radical (unpaired) electrons. The highest BCUT2D eigenvalue weighted by molar-refractivity contribution is 14.1. The molecule has 1 unspecified atom stereocenters. The van der Waals surface area contributed by atoms with Crippen molar-refractivity contribution in [3.05, 3.63) is 15.1 Å². The molecule has 120 valence electrons. The number of ether oxygens (including phenoxy) is 1. The zero-order valence-electron chi connectivity index (χ0n) is 14.2. The zero-order chi connectivity index (χ0) is 16.2. The Morgan fingerprint density at radius 2 is 1.86 bits per heavy atom. The first-order valence-electron chi connectivity index (χ1n) is 7.56. The van der Waals surface area contributed by atoms with Crippen LogP contribution < -0.4 is 5.32 Å². The average molecular weight is 405 g/mol. The molecule has 21 heavy (non-hydrogen) atoms. The Balaban J connectivity index is 3.35. The van der Waals surface area contributed by atoms with Gasteiger partial charge in [0.1, 0.15) is 11.9 Å². The summed E-state index contributed by atoms with van der Waals surface area (Å²) in [6, 6.07) is 0. The number of anilines is 1. The second-order valence-corrected chi connectivity index (χ2v) is 7.77. The van der Waals surface area contributed by atoms with Gasteiger partial charge in [-0.3, -0.25) is 0 Å². The highest BCUT2D eigenvalue weighted by atomic mass is 127. The van der Waals surface area contributed by atoms with E-state index in [1.165, 1.54) is 0 Å². The molecule has 1 heterocycles. The predicted molar refractivity (Wildman–Crippen MR) is 96.8 cm³/mol. The maximum absolute atomic E-state index is 5.68. The Hall–Kier alpha value is -0.430. The number of aromatic nitrogens is 2. The van der Waals surface area contributed by atoms with Crippen LogP contribution in [0.25, 0.3) is 0 Å². The van der Waals surface area contributed by atoms with Crippen molar-refractivity contribution >= 4 is 28.4 Å². The summed E-state index contributed by atoms with van der Waals surface area (Å²) >= 11 is 2.34. The zero-order valence-corrected chi connectivity index (χ0v) is 16.4. The van der Waals surface area contributed by atoms with Crippen LogP contribution in [-0.4, -0.2) is 23.6 Å². The lowest BCUT2D eigenvalue weighted by Crippen LogP contribution is -2.24. The molecule has 1 N–H and O–H groups in total. The lowest BCUT2D eigenvalue weighted by Gasteiger charge is -2.29. The largest absolute Gasteiger partial charge is 0.373 e. The molecule has 1 atom stereocenters. The van der Waals surface area contributed by atoms with Crippen molar-refractivity contribution in [1.29, 1.82) is 0 Å². The van der Waals surface area contributed by atoms with Crippen LogP contribution in [0.15, 0.2) is 0 Å². The van der Waals surface area contributed by atoms with Gasteiger partial charge in [0.15, 0.2) is 5.82 Å². The molecule has 4 nitrogen and oxygen atoms in total. The van der Waals surface area contributed by atoms with Crippen molar-refractivity contribution in [2.24, 2.45) is 5.41 Å². The highest BCUT2D eigenvalue weighted by Gasteiger charge is 2.30. The van der Waals surface area contributed by atoms with Crippen molar-refractivity contribution in [2.45, 2.75) is 60.0 Å². The Morgan fingerprint density at radius 1 is 1.24 bits per heavy atom. The molecule has 0 fully saturated rings. The molecule has 0 aliphatic rings. The molecule has 0 bridgehead atoms. The van der Waals surface area contributed by atoms with E-state index in [0.717, 1.165) is 33.9 Å². The number of halogens is 1. The van der Waals surface area contributed by atoms with Gasteiger partial charge in [0.2, 0.25) is 0 Å². The molecule has 1 rings (SSSR count). The topological polar surface area (TPSA) is 47.0 Å². The van der Waals surface area contributed by atoms with Gasteiger partial charge in [0, 0.05) is 13.7 Å². The quantitative estimate of drug-likeness (QED) is 0.694. The van der Waals surface area contributed by atoms with E-state index in [1.54, 1.807) is 7.11 Å². The minimum absolute atomic E-state index is 0.0438. The second-order valence-electron chi connectivity index (χ2n) is 6.69. The molecule has 1 aromatic rings. The third-order valence-electron chi connectivity index (χ3n) is 3.24. The van der Waals surface area contributed by atoms with E-state index in [2.05, 4.69) is 69.5 Å². The lowest BCUT2D eigenvalue weighted by atomic mass is 9.88. The molecule has 1 aromatic heterocycles. The van der Waals surface area contributed by atoms with Gasteiger partial charge in [-0.1, -0.05) is 41.5 Å². The number of nitrogens with one attached hydrogen (secondary N) is 1. The van der Waals surface area contributed by atoms with Gasteiger partial charge in [-0.15, -0.1) is 0 Å². The molecule has 0 aromatic carbocycles. The van der Waals surface area contributed by atoms with E-state index in [1.807, 2.05) is 0 Å². The fourth-order valence-electron chi connectivity index (χ4n) is 2.19. The normalized spacial score (nSPS) is 13.6. The first-order chi connectivity index (χ1) is 9.72. The Labute approximate surface area is 142 Å². The fourth-order valence-corrected chi connectivity index (χ4v) is 3.24.